The third-order valence-corrected chi connectivity index (χ3v) is 4.46. The Hall–Kier alpha value is -2.14. The van der Waals surface area contributed by atoms with Crippen LogP contribution in [0.25, 0.3) is 0 Å². The highest BCUT2D eigenvalue weighted by atomic mass is 32.2. The van der Waals surface area contributed by atoms with Gasteiger partial charge in [-0.25, -0.2) is 0 Å². The van der Waals surface area contributed by atoms with Gasteiger partial charge in [-0.05, 0) is 38.1 Å². The minimum absolute atomic E-state index is 0.0376. The standard InChI is InChI=1S/C17H17NO3S/c1-11-3-6-14(7-4-11)22-12(2)17(19)18-13-5-8-15-16(9-13)21-10-20-15/h3-9,12H,10H2,1-2H3,(H,18,19)/t12-/m0/s1. The van der Waals surface area contributed by atoms with Gasteiger partial charge in [-0.1, -0.05) is 17.7 Å². The molecule has 22 heavy (non-hydrogen) atoms. The fourth-order valence-electron chi connectivity index (χ4n) is 2.09. The van der Waals surface area contributed by atoms with Crippen molar-refractivity contribution in [3.05, 3.63) is 48.0 Å². The molecule has 0 spiro atoms. The minimum Gasteiger partial charge on any atom is -0.454 e. The highest BCUT2D eigenvalue weighted by molar-refractivity contribution is 8.00. The number of hydrogen-bond donors (Lipinski definition) is 1. The monoisotopic (exact) mass is 315 g/mol. The lowest BCUT2D eigenvalue weighted by Crippen LogP contribution is -2.22. The molecule has 0 aromatic heterocycles. The molecule has 0 saturated heterocycles. The van der Waals surface area contributed by atoms with Crippen molar-refractivity contribution in [2.45, 2.75) is 24.0 Å². The summed E-state index contributed by atoms with van der Waals surface area (Å²) in [7, 11) is 0. The molecule has 1 aliphatic rings. The second kappa shape index (κ2) is 6.32. The van der Waals surface area contributed by atoms with E-state index in [-0.39, 0.29) is 18.0 Å². The molecule has 3 rings (SSSR count). The van der Waals surface area contributed by atoms with Crippen LogP contribution in [0.15, 0.2) is 47.4 Å². The molecule has 0 saturated carbocycles. The maximum Gasteiger partial charge on any atom is 0.237 e. The van der Waals surface area contributed by atoms with E-state index < -0.39 is 0 Å². The fraction of sp³-hybridized carbons (Fsp3) is 0.235. The van der Waals surface area contributed by atoms with E-state index in [2.05, 4.69) is 5.32 Å². The maximum absolute atomic E-state index is 12.3. The third-order valence-electron chi connectivity index (χ3n) is 3.34. The van der Waals surface area contributed by atoms with E-state index >= 15 is 0 Å². The van der Waals surface area contributed by atoms with E-state index in [9.17, 15) is 4.79 Å². The summed E-state index contributed by atoms with van der Waals surface area (Å²) < 4.78 is 10.6. The lowest BCUT2D eigenvalue weighted by Gasteiger charge is -2.12. The topological polar surface area (TPSA) is 47.6 Å². The summed E-state index contributed by atoms with van der Waals surface area (Å²) in [4.78, 5) is 13.4. The number of rotatable bonds is 4. The van der Waals surface area contributed by atoms with Gasteiger partial charge in [-0.2, -0.15) is 0 Å². The van der Waals surface area contributed by atoms with Crippen molar-refractivity contribution < 1.29 is 14.3 Å². The Morgan fingerprint density at radius 3 is 2.64 bits per heavy atom. The van der Waals surface area contributed by atoms with E-state index in [4.69, 9.17) is 9.47 Å². The molecule has 0 fully saturated rings. The molecule has 1 heterocycles. The van der Waals surface area contributed by atoms with Gasteiger partial charge in [-0.3, -0.25) is 4.79 Å². The number of fused-ring (bicyclic) bond motifs is 1. The van der Waals surface area contributed by atoms with Crippen LogP contribution in [0.1, 0.15) is 12.5 Å². The van der Waals surface area contributed by atoms with Crippen molar-refractivity contribution in [3.8, 4) is 11.5 Å². The maximum atomic E-state index is 12.3. The summed E-state index contributed by atoms with van der Waals surface area (Å²) in [6.45, 7) is 4.17. The molecule has 1 atom stereocenters. The van der Waals surface area contributed by atoms with Crippen LogP contribution in [0.5, 0.6) is 11.5 Å². The van der Waals surface area contributed by atoms with Crippen molar-refractivity contribution in [2.75, 3.05) is 12.1 Å². The number of amides is 1. The summed E-state index contributed by atoms with van der Waals surface area (Å²) in [5.41, 5.74) is 1.92. The molecule has 1 N–H and O–H groups in total. The molecular weight excluding hydrogens is 298 g/mol. The van der Waals surface area contributed by atoms with E-state index in [1.807, 2.05) is 44.2 Å². The third kappa shape index (κ3) is 3.36. The second-order valence-corrected chi connectivity index (χ2v) is 6.54. The number of aryl methyl sites for hydroxylation is 1. The van der Waals surface area contributed by atoms with Gasteiger partial charge in [0.15, 0.2) is 11.5 Å². The van der Waals surface area contributed by atoms with Crippen molar-refractivity contribution >= 4 is 23.4 Å². The number of carbonyl (C=O) groups is 1. The summed E-state index contributed by atoms with van der Waals surface area (Å²) in [6, 6.07) is 13.6. The second-order valence-electron chi connectivity index (χ2n) is 5.13. The zero-order chi connectivity index (χ0) is 15.5. The van der Waals surface area contributed by atoms with Gasteiger partial charge < -0.3 is 14.8 Å². The predicted octanol–water partition coefficient (Wildman–Crippen LogP) is 3.84. The molecule has 1 amide bonds. The molecular formula is C17H17NO3S. The smallest absolute Gasteiger partial charge is 0.237 e. The zero-order valence-corrected chi connectivity index (χ0v) is 13.3. The summed E-state index contributed by atoms with van der Waals surface area (Å²) in [6.07, 6.45) is 0. The van der Waals surface area contributed by atoms with Gasteiger partial charge in [0.05, 0.1) is 5.25 Å². The first kappa shape index (κ1) is 14.8. The first-order chi connectivity index (χ1) is 10.6. The Balaban J connectivity index is 1.62. The van der Waals surface area contributed by atoms with Crippen molar-refractivity contribution in [3.63, 3.8) is 0 Å². The van der Waals surface area contributed by atoms with E-state index in [1.54, 1.807) is 12.1 Å². The van der Waals surface area contributed by atoms with E-state index in [1.165, 1.54) is 17.3 Å². The summed E-state index contributed by atoms with van der Waals surface area (Å²) >= 11 is 1.54. The van der Waals surface area contributed by atoms with Gasteiger partial charge in [-0.15, -0.1) is 11.8 Å². The number of ether oxygens (including phenoxy) is 2. The number of benzene rings is 2. The fourth-order valence-corrected chi connectivity index (χ4v) is 2.96. The summed E-state index contributed by atoms with van der Waals surface area (Å²) in [5.74, 6) is 1.33. The molecule has 114 valence electrons. The lowest BCUT2D eigenvalue weighted by atomic mass is 10.2. The molecule has 1 aliphatic heterocycles. The van der Waals surface area contributed by atoms with Crippen molar-refractivity contribution in [2.24, 2.45) is 0 Å². The molecule has 0 aliphatic carbocycles. The van der Waals surface area contributed by atoms with Crippen LogP contribution in [-0.4, -0.2) is 18.0 Å². The van der Waals surface area contributed by atoms with Crippen LogP contribution in [0.4, 0.5) is 5.69 Å². The molecule has 0 unspecified atom stereocenters. The first-order valence-electron chi connectivity index (χ1n) is 7.05. The van der Waals surface area contributed by atoms with E-state index in [0.717, 1.165) is 4.90 Å². The highest BCUT2D eigenvalue weighted by Crippen LogP contribution is 2.34. The van der Waals surface area contributed by atoms with Crippen LogP contribution >= 0.6 is 11.8 Å². The Kier molecular flexibility index (Phi) is 4.24. The largest absolute Gasteiger partial charge is 0.454 e. The Morgan fingerprint density at radius 2 is 1.86 bits per heavy atom. The predicted molar refractivity (Wildman–Crippen MR) is 87.7 cm³/mol. The number of hydrogen-bond acceptors (Lipinski definition) is 4. The number of anilines is 1. The molecule has 0 bridgehead atoms. The highest BCUT2D eigenvalue weighted by Gasteiger charge is 2.17. The zero-order valence-electron chi connectivity index (χ0n) is 12.5. The van der Waals surface area contributed by atoms with Gasteiger partial charge in [0, 0.05) is 16.6 Å². The normalized spacial score (nSPS) is 13.7. The number of nitrogens with one attached hydrogen (secondary N) is 1. The average molecular weight is 315 g/mol. The SMILES string of the molecule is Cc1ccc(S[C@@H](C)C(=O)Nc2ccc3c(c2)OCO3)cc1. The Morgan fingerprint density at radius 1 is 1.14 bits per heavy atom. The molecule has 5 heteroatoms. The van der Waals surface area contributed by atoms with Gasteiger partial charge in [0.1, 0.15) is 0 Å². The van der Waals surface area contributed by atoms with Crippen LogP contribution in [0.2, 0.25) is 0 Å². The molecule has 2 aromatic carbocycles. The van der Waals surface area contributed by atoms with Gasteiger partial charge >= 0.3 is 0 Å². The summed E-state index contributed by atoms with van der Waals surface area (Å²) in [5, 5.41) is 2.72. The Labute approximate surface area is 133 Å². The van der Waals surface area contributed by atoms with Gasteiger partial charge in [0.25, 0.3) is 0 Å². The van der Waals surface area contributed by atoms with Gasteiger partial charge in [0.2, 0.25) is 12.7 Å². The lowest BCUT2D eigenvalue weighted by molar-refractivity contribution is -0.115. The quantitative estimate of drug-likeness (QED) is 0.871. The average Bonchev–Trinajstić information content (AvgIpc) is 2.97. The molecule has 0 radical (unpaired) electrons. The number of carbonyl (C=O) groups excluding carboxylic acids is 1. The van der Waals surface area contributed by atoms with Crippen molar-refractivity contribution in [1.82, 2.24) is 0 Å². The number of thioether (sulfide) groups is 1. The van der Waals surface area contributed by atoms with E-state index in [0.29, 0.717) is 17.2 Å². The molecule has 4 nitrogen and oxygen atoms in total. The van der Waals surface area contributed by atoms with Crippen LogP contribution in [-0.2, 0) is 4.79 Å². The van der Waals surface area contributed by atoms with Crippen LogP contribution < -0.4 is 14.8 Å². The molecule has 2 aromatic rings. The van der Waals surface area contributed by atoms with Crippen LogP contribution in [0.3, 0.4) is 0 Å². The minimum atomic E-state index is -0.187. The Bertz CT molecular complexity index is 685. The first-order valence-corrected chi connectivity index (χ1v) is 7.93. The van der Waals surface area contributed by atoms with Crippen LogP contribution in [0, 0.1) is 6.92 Å². The van der Waals surface area contributed by atoms with Crippen molar-refractivity contribution in [1.29, 1.82) is 0 Å².